The molecule has 128 valence electrons. The van der Waals surface area contributed by atoms with E-state index in [1.165, 1.54) is 4.57 Å². The molecule has 0 saturated carbocycles. The van der Waals surface area contributed by atoms with Crippen LogP contribution in [0.3, 0.4) is 0 Å². The number of aliphatic hydroxyl groups excluding tert-OH is 1. The number of ether oxygens (including phenoxy) is 1. The van der Waals surface area contributed by atoms with Crippen molar-refractivity contribution >= 4 is 13.6 Å². The van der Waals surface area contributed by atoms with Crippen molar-refractivity contribution < 1.29 is 33.6 Å². The largest absolute Gasteiger partial charge is 0.469 e. The molecule has 3 atom stereocenters. The Balaban J connectivity index is 1.75. The number of nitrogens with zero attached hydrogens (tertiary/aromatic N) is 2. The molecule has 0 amide bonds. The van der Waals surface area contributed by atoms with E-state index in [1.807, 2.05) is 0 Å². The first kappa shape index (κ1) is 16.5. The van der Waals surface area contributed by atoms with Crippen LogP contribution in [0.4, 0.5) is 5.82 Å². The molecule has 0 spiro atoms. The van der Waals surface area contributed by atoms with Crippen molar-refractivity contribution in [2.75, 3.05) is 18.7 Å². The van der Waals surface area contributed by atoms with Crippen molar-refractivity contribution in [1.82, 2.24) is 9.55 Å². The van der Waals surface area contributed by atoms with E-state index in [0.717, 1.165) is 5.56 Å². The number of aliphatic hydroxyl groups is 1. The second-order valence-electron chi connectivity index (χ2n) is 5.22. The normalized spacial score (nSPS) is 27.5. The van der Waals surface area contributed by atoms with E-state index in [2.05, 4.69) is 15.0 Å². The SMILES string of the molecule is O=c1nc2c(cn1[C@H]1C[C@H](O)[C@@H](COP(=O)(O)O)O1)CCON2. The number of phosphoric ester groups is 1. The van der Waals surface area contributed by atoms with Gasteiger partial charge in [0.25, 0.3) is 0 Å². The van der Waals surface area contributed by atoms with E-state index in [1.54, 1.807) is 6.20 Å². The molecule has 3 heterocycles. The van der Waals surface area contributed by atoms with Crippen molar-refractivity contribution in [2.45, 2.75) is 31.3 Å². The van der Waals surface area contributed by atoms with Gasteiger partial charge < -0.3 is 19.6 Å². The molecule has 1 aromatic rings. The van der Waals surface area contributed by atoms with Crippen LogP contribution in [0.15, 0.2) is 11.0 Å². The zero-order chi connectivity index (χ0) is 16.6. The van der Waals surface area contributed by atoms with Crippen molar-refractivity contribution in [3.63, 3.8) is 0 Å². The molecule has 23 heavy (non-hydrogen) atoms. The van der Waals surface area contributed by atoms with Gasteiger partial charge in [-0.2, -0.15) is 4.98 Å². The summed E-state index contributed by atoms with van der Waals surface area (Å²) in [6.07, 6.45) is -0.532. The van der Waals surface area contributed by atoms with Gasteiger partial charge in [0.05, 0.1) is 19.3 Å². The average molecular weight is 349 g/mol. The standard InChI is InChI=1S/C11H16N3O8P/c15-7-3-9(22-8(7)5-21-23(17,18)19)14-4-6-1-2-20-13-10(6)12-11(14)16/h4,7-9,15H,1-3,5H2,(H,12,13,16)(H2,17,18,19)/t7-,8+,9+/m0/s1. The van der Waals surface area contributed by atoms with Gasteiger partial charge >= 0.3 is 13.5 Å². The third-order valence-corrected chi connectivity index (χ3v) is 4.08. The molecule has 4 N–H and O–H groups in total. The molecule has 3 rings (SSSR count). The second kappa shape index (κ2) is 6.29. The van der Waals surface area contributed by atoms with Gasteiger partial charge in [0.1, 0.15) is 12.3 Å². The number of rotatable bonds is 4. The smallest absolute Gasteiger partial charge is 0.390 e. The van der Waals surface area contributed by atoms with Crippen LogP contribution in [0.2, 0.25) is 0 Å². The van der Waals surface area contributed by atoms with Gasteiger partial charge in [0.2, 0.25) is 0 Å². The van der Waals surface area contributed by atoms with Crippen LogP contribution >= 0.6 is 7.82 Å². The predicted octanol–water partition coefficient (Wildman–Crippen LogP) is -1.10. The molecule has 0 bridgehead atoms. The van der Waals surface area contributed by atoms with Crippen LogP contribution in [0.25, 0.3) is 0 Å². The summed E-state index contributed by atoms with van der Waals surface area (Å²) in [6.45, 7) is -0.0513. The summed E-state index contributed by atoms with van der Waals surface area (Å²) in [5, 5.41) is 9.92. The lowest BCUT2D eigenvalue weighted by Crippen LogP contribution is -2.31. The Bertz CT molecular complexity index is 688. The fourth-order valence-electron chi connectivity index (χ4n) is 2.47. The summed E-state index contributed by atoms with van der Waals surface area (Å²) < 4.78 is 21.8. The van der Waals surface area contributed by atoms with E-state index in [-0.39, 0.29) is 6.42 Å². The molecule has 2 aliphatic rings. The molecule has 1 saturated heterocycles. The maximum Gasteiger partial charge on any atom is 0.469 e. The first-order chi connectivity index (χ1) is 10.8. The first-order valence-electron chi connectivity index (χ1n) is 6.87. The lowest BCUT2D eigenvalue weighted by Gasteiger charge is -2.20. The fourth-order valence-corrected chi connectivity index (χ4v) is 2.81. The second-order valence-corrected chi connectivity index (χ2v) is 6.46. The summed E-state index contributed by atoms with van der Waals surface area (Å²) in [5.74, 6) is 0.345. The van der Waals surface area contributed by atoms with Crippen LogP contribution in [0, 0.1) is 0 Å². The van der Waals surface area contributed by atoms with Crippen LogP contribution in [-0.2, 0) is 25.1 Å². The molecule has 12 heteroatoms. The van der Waals surface area contributed by atoms with E-state index >= 15 is 0 Å². The van der Waals surface area contributed by atoms with Crippen LogP contribution in [0.1, 0.15) is 18.2 Å². The Labute approximate surface area is 130 Å². The number of hydrogen-bond donors (Lipinski definition) is 4. The molecule has 0 unspecified atom stereocenters. The molecule has 1 aromatic heterocycles. The summed E-state index contributed by atoms with van der Waals surface area (Å²) in [6, 6.07) is 0. The maximum absolute atomic E-state index is 12.0. The van der Waals surface area contributed by atoms with Crippen molar-refractivity contribution in [2.24, 2.45) is 0 Å². The van der Waals surface area contributed by atoms with Crippen molar-refractivity contribution in [3.8, 4) is 0 Å². The van der Waals surface area contributed by atoms with Gasteiger partial charge in [0, 0.05) is 24.6 Å². The molecule has 0 radical (unpaired) electrons. The number of fused-ring (bicyclic) bond motifs is 1. The molecular formula is C11H16N3O8P. The highest BCUT2D eigenvalue weighted by molar-refractivity contribution is 7.46. The Hall–Kier alpha value is -1.33. The Morgan fingerprint density at radius 3 is 3.04 bits per heavy atom. The quantitative estimate of drug-likeness (QED) is 0.493. The van der Waals surface area contributed by atoms with Gasteiger partial charge in [-0.1, -0.05) is 0 Å². The lowest BCUT2D eigenvalue weighted by atomic mass is 10.2. The van der Waals surface area contributed by atoms with E-state index in [4.69, 9.17) is 19.4 Å². The molecule has 0 aromatic carbocycles. The zero-order valence-corrected chi connectivity index (χ0v) is 12.8. The Morgan fingerprint density at radius 1 is 1.52 bits per heavy atom. The summed E-state index contributed by atoms with van der Waals surface area (Å²) >= 11 is 0. The summed E-state index contributed by atoms with van der Waals surface area (Å²) in [4.78, 5) is 38.3. The minimum absolute atomic E-state index is 0.0828. The fraction of sp³-hybridized carbons (Fsp3) is 0.636. The summed E-state index contributed by atoms with van der Waals surface area (Å²) in [5.41, 5.74) is 2.73. The average Bonchev–Trinajstić information content (AvgIpc) is 2.84. The Kier molecular flexibility index (Phi) is 4.52. The zero-order valence-electron chi connectivity index (χ0n) is 11.9. The van der Waals surface area contributed by atoms with Gasteiger partial charge in [-0.15, -0.1) is 0 Å². The van der Waals surface area contributed by atoms with Crippen LogP contribution < -0.4 is 11.2 Å². The highest BCUT2D eigenvalue weighted by Gasteiger charge is 2.37. The molecule has 1 fully saturated rings. The monoisotopic (exact) mass is 349 g/mol. The molecule has 2 aliphatic heterocycles. The number of nitrogens with one attached hydrogen (secondary N) is 1. The third kappa shape index (κ3) is 3.78. The van der Waals surface area contributed by atoms with E-state index in [0.29, 0.717) is 18.8 Å². The third-order valence-electron chi connectivity index (χ3n) is 3.59. The topological polar surface area (TPSA) is 152 Å². The number of phosphoric acid groups is 1. The van der Waals surface area contributed by atoms with E-state index < -0.39 is 38.6 Å². The van der Waals surface area contributed by atoms with Gasteiger partial charge in [-0.3, -0.25) is 13.9 Å². The van der Waals surface area contributed by atoms with Crippen LogP contribution in [-0.4, -0.2) is 49.9 Å². The highest BCUT2D eigenvalue weighted by atomic mass is 31.2. The molecule has 11 nitrogen and oxygen atoms in total. The number of hydrogen-bond acceptors (Lipinski definition) is 8. The molecular weight excluding hydrogens is 333 g/mol. The minimum atomic E-state index is -4.66. The van der Waals surface area contributed by atoms with Gasteiger partial charge in [0.15, 0.2) is 5.82 Å². The highest BCUT2D eigenvalue weighted by Crippen LogP contribution is 2.38. The minimum Gasteiger partial charge on any atom is -0.390 e. The van der Waals surface area contributed by atoms with Gasteiger partial charge in [-0.05, 0) is 0 Å². The molecule has 0 aliphatic carbocycles. The van der Waals surface area contributed by atoms with Crippen molar-refractivity contribution in [3.05, 3.63) is 22.2 Å². The Morgan fingerprint density at radius 2 is 2.30 bits per heavy atom. The lowest BCUT2D eigenvalue weighted by molar-refractivity contribution is -0.0451. The number of aromatic nitrogens is 2. The van der Waals surface area contributed by atoms with Crippen LogP contribution in [0.5, 0.6) is 0 Å². The predicted molar refractivity (Wildman–Crippen MR) is 74.3 cm³/mol. The van der Waals surface area contributed by atoms with Gasteiger partial charge in [-0.25, -0.2) is 14.8 Å². The first-order valence-corrected chi connectivity index (χ1v) is 8.40. The number of anilines is 1. The maximum atomic E-state index is 12.0. The van der Waals surface area contributed by atoms with Crippen molar-refractivity contribution in [1.29, 1.82) is 0 Å². The van der Waals surface area contributed by atoms with E-state index in [9.17, 15) is 14.5 Å². The summed E-state index contributed by atoms with van der Waals surface area (Å²) in [7, 11) is -4.66.